The van der Waals surface area contributed by atoms with E-state index in [9.17, 15) is 4.79 Å². The van der Waals surface area contributed by atoms with Crippen LogP contribution in [0.3, 0.4) is 0 Å². The summed E-state index contributed by atoms with van der Waals surface area (Å²) in [4.78, 5) is 23.0. The molecule has 0 saturated carbocycles. The average Bonchev–Trinajstić information content (AvgIpc) is 3.18. The number of piperidine rings is 1. The van der Waals surface area contributed by atoms with Crippen LogP contribution >= 0.6 is 11.3 Å². The van der Waals surface area contributed by atoms with Crippen molar-refractivity contribution in [1.82, 2.24) is 25.1 Å². The lowest BCUT2D eigenvalue weighted by atomic mass is 9.95. The lowest BCUT2D eigenvalue weighted by Crippen LogP contribution is -2.38. The summed E-state index contributed by atoms with van der Waals surface area (Å²) >= 11 is 1.42. The number of H-pyrrole nitrogens is 1. The maximum absolute atomic E-state index is 12.7. The first-order chi connectivity index (χ1) is 11.6. The SMILES string of the molecule is Nc1n[nH]c(C2CCN(C(=O)c3ccc4sc(N)nc4c3)CC2)n1. The van der Waals surface area contributed by atoms with E-state index in [1.165, 1.54) is 11.3 Å². The van der Waals surface area contributed by atoms with E-state index in [0.29, 0.717) is 23.8 Å². The molecule has 4 rings (SSSR count). The number of thiazole rings is 1. The molecule has 1 aliphatic rings. The van der Waals surface area contributed by atoms with E-state index >= 15 is 0 Å². The third-order valence-corrected chi connectivity index (χ3v) is 5.21. The third-order valence-electron chi connectivity index (χ3n) is 4.34. The molecule has 0 spiro atoms. The van der Waals surface area contributed by atoms with Crippen LogP contribution in [0, 0.1) is 0 Å². The fraction of sp³-hybridized carbons (Fsp3) is 0.333. The second kappa shape index (κ2) is 5.75. The molecule has 5 N–H and O–H groups in total. The van der Waals surface area contributed by atoms with Crippen LogP contribution in [-0.4, -0.2) is 44.1 Å². The van der Waals surface area contributed by atoms with Crippen LogP contribution in [0.2, 0.25) is 0 Å². The van der Waals surface area contributed by atoms with Crippen molar-refractivity contribution < 1.29 is 4.79 Å². The van der Waals surface area contributed by atoms with E-state index in [-0.39, 0.29) is 17.8 Å². The number of benzene rings is 1. The summed E-state index contributed by atoms with van der Waals surface area (Å²) in [5, 5.41) is 7.25. The number of carbonyl (C=O) groups excluding carboxylic acids is 1. The zero-order chi connectivity index (χ0) is 16.7. The molecule has 1 amide bonds. The molecule has 1 saturated heterocycles. The molecule has 1 aliphatic heterocycles. The standard InChI is InChI=1S/C15H17N7OS/c16-14-19-12(20-21-14)8-3-5-22(6-4-8)13(23)9-1-2-11-10(7-9)18-15(17)24-11/h1-2,7-8H,3-6H2,(H2,17,18)(H3,16,19,20,21). The lowest BCUT2D eigenvalue weighted by Gasteiger charge is -2.31. The Hall–Kier alpha value is -2.68. The molecule has 8 nitrogen and oxygen atoms in total. The zero-order valence-corrected chi connectivity index (χ0v) is 13.7. The Morgan fingerprint density at radius 2 is 2.04 bits per heavy atom. The van der Waals surface area contributed by atoms with Crippen molar-refractivity contribution in [2.75, 3.05) is 24.6 Å². The van der Waals surface area contributed by atoms with Gasteiger partial charge in [-0.05, 0) is 31.0 Å². The van der Waals surface area contributed by atoms with E-state index in [4.69, 9.17) is 11.5 Å². The van der Waals surface area contributed by atoms with Gasteiger partial charge in [0.25, 0.3) is 5.91 Å². The third kappa shape index (κ3) is 2.67. The summed E-state index contributed by atoms with van der Waals surface area (Å²) < 4.78 is 0.991. The second-order valence-corrected chi connectivity index (χ2v) is 6.94. The number of rotatable bonds is 2. The van der Waals surface area contributed by atoms with Crippen LogP contribution in [0.1, 0.15) is 34.9 Å². The number of aromatic nitrogens is 4. The van der Waals surface area contributed by atoms with E-state index in [0.717, 1.165) is 28.9 Å². The highest BCUT2D eigenvalue weighted by Gasteiger charge is 2.26. The van der Waals surface area contributed by atoms with Crippen molar-refractivity contribution in [3.8, 4) is 0 Å². The predicted octanol–water partition coefficient (Wildman–Crippen LogP) is 1.60. The molecule has 9 heteroatoms. The highest BCUT2D eigenvalue weighted by atomic mass is 32.1. The van der Waals surface area contributed by atoms with Crippen LogP contribution < -0.4 is 11.5 Å². The van der Waals surface area contributed by atoms with Crippen LogP contribution in [0.4, 0.5) is 11.1 Å². The number of aromatic amines is 1. The maximum atomic E-state index is 12.7. The number of nitrogens with two attached hydrogens (primary N) is 2. The second-order valence-electron chi connectivity index (χ2n) is 5.88. The van der Waals surface area contributed by atoms with Gasteiger partial charge in [-0.2, -0.15) is 4.98 Å². The molecule has 3 heterocycles. The Labute approximate surface area is 141 Å². The summed E-state index contributed by atoms with van der Waals surface area (Å²) in [5.41, 5.74) is 12.7. The minimum absolute atomic E-state index is 0.0269. The predicted molar refractivity (Wildman–Crippen MR) is 92.7 cm³/mol. The molecule has 1 fully saturated rings. The van der Waals surface area contributed by atoms with E-state index in [2.05, 4.69) is 20.2 Å². The Kier molecular flexibility index (Phi) is 3.57. The number of likely N-dealkylation sites (tertiary alicyclic amines) is 1. The monoisotopic (exact) mass is 343 g/mol. The summed E-state index contributed by atoms with van der Waals surface area (Å²) in [7, 11) is 0. The van der Waals surface area contributed by atoms with Gasteiger partial charge in [0.1, 0.15) is 5.82 Å². The highest BCUT2D eigenvalue weighted by molar-refractivity contribution is 7.22. The minimum atomic E-state index is 0.0269. The average molecular weight is 343 g/mol. The number of hydrogen-bond donors (Lipinski definition) is 3. The highest BCUT2D eigenvalue weighted by Crippen LogP contribution is 2.28. The number of nitrogen functional groups attached to an aromatic ring is 2. The van der Waals surface area contributed by atoms with Gasteiger partial charge in [-0.1, -0.05) is 11.3 Å². The normalized spacial score (nSPS) is 15.9. The molecule has 0 atom stereocenters. The van der Waals surface area contributed by atoms with Crippen molar-refractivity contribution in [3.05, 3.63) is 29.6 Å². The van der Waals surface area contributed by atoms with Crippen LogP contribution in [-0.2, 0) is 0 Å². The number of hydrogen-bond acceptors (Lipinski definition) is 7. The van der Waals surface area contributed by atoms with Crippen molar-refractivity contribution in [3.63, 3.8) is 0 Å². The molecule has 124 valence electrons. The number of nitrogens with one attached hydrogen (secondary N) is 1. The van der Waals surface area contributed by atoms with E-state index in [1.807, 2.05) is 23.1 Å². The first-order valence-corrected chi connectivity index (χ1v) is 8.55. The summed E-state index contributed by atoms with van der Waals surface area (Å²) in [6.07, 6.45) is 1.68. The number of amides is 1. The van der Waals surface area contributed by atoms with Gasteiger partial charge in [-0.25, -0.2) is 4.98 Å². The van der Waals surface area contributed by atoms with Gasteiger partial charge in [0.2, 0.25) is 5.95 Å². The van der Waals surface area contributed by atoms with Crippen molar-refractivity contribution in [2.24, 2.45) is 0 Å². The molecule has 2 aromatic heterocycles. The molecular formula is C15H17N7OS. The molecule has 24 heavy (non-hydrogen) atoms. The first-order valence-electron chi connectivity index (χ1n) is 7.73. The van der Waals surface area contributed by atoms with Gasteiger partial charge < -0.3 is 16.4 Å². The van der Waals surface area contributed by atoms with Crippen LogP contribution in [0.5, 0.6) is 0 Å². The lowest BCUT2D eigenvalue weighted by molar-refractivity contribution is 0.0711. The smallest absolute Gasteiger partial charge is 0.253 e. The van der Waals surface area contributed by atoms with Gasteiger partial charge in [0.15, 0.2) is 5.13 Å². The topological polar surface area (TPSA) is 127 Å². The molecule has 0 aliphatic carbocycles. The molecule has 1 aromatic carbocycles. The minimum Gasteiger partial charge on any atom is -0.375 e. The molecule has 0 bridgehead atoms. The van der Waals surface area contributed by atoms with E-state index in [1.54, 1.807) is 0 Å². The molecule has 3 aromatic rings. The van der Waals surface area contributed by atoms with Crippen LogP contribution in [0.25, 0.3) is 10.2 Å². The quantitative estimate of drug-likeness (QED) is 0.648. The fourth-order valence-corrected chi connectivity index (χ4v) is 3.80. The molecule has 0 unspecified atom stereocenters. The van der Waals surface area contributed by atoms with Gasteiger partial charge in [-0.3, -0.25) is 9.89 Å². The number of carbonyl (C=O) groups is 1. The summed E-state index contributed by atoms with van der Waals surface area (Å²) in [6, 6.07) is 5.56. The first kappa shape index (κ1) is 14.9. The van der Waals surface area contributed by atoms with Crippen molar-refractivity contribution in [1.29, 1.82) is 0 Å². The van der Waals surface area contributed by atoms with Crippen molar-refractivity contribution in [2.45, 2.75) is 18.8 Å². The van der Waals surface area contributed by atoms with Crippen molar-refractivity contribution >= 4 is 38.5 Å². The summed E-state index contributed by atoms with van der Waals surface area (Å²) in [5.74, 6) is 1.36. The Morgan fingerprint density at radius 1 is 1.25 bits per heavy atom. The fourth-order valence-electron chi connectivity index (χ4n) is 3.09. The maximum Gasteiger partial charge on any atom is 0.253 e. The van der Waals surface area contributed by atoms with Gasteiger partial charge in [0.05, 0.1) is 10.2 Å². The molecular weight excluding hydrogens is 326 g/mol. The largest absolute Gasteiger partial charge is 0.375 e. The zero-order valence-electron chi connectivity index (χ0n) is 12.9. The molecule has 0 radical (unpaired) electrons. The summed E-state index contributed by atoms with van der Waals surface area (Å²) in [6.45, 7) is 1.36. The Morgan fingerprint density at radius 3 is 2.75 bits per heavy atom. The van der Waals surface area contributed by atoms with Gasteiger partial charge >= 0.3 is 0 Å². The van der Waals surface area contributed by atoms with E-state index < -0.39 is 0 Å². The van der Waals surface area contributed by atoms with Gasteiger partial charge in [-0.15, -0.1) is 5.10 Å². The number of anilines is 2. The Balaban J connectivity index is 1.47. The number of fused-ring (bicyclic) bond motifs is 1. The Bertz CT molecular complexity index is 894. The van der Waals surface area contributed by atoms with Crippen LogP contribution in [0.15, 0.2) is 18.2 Å². The van der Waals surface area contributed by atoms with Gasteiger partial charge in [0, 0.05) is 24.6 Å². The number of nitrogens with zero attached hydrogens (tertiary/aromatic N) is 4.